The third-order valence-corrected chi connectivity index (χ3v) is 4.53. The Morgan fingerprint density at radius 2 is 1.47 bits per heavy atom. The van der Waals surface area contributed by atoms with Crippen LogP contribution in [0.2, 0.25) is 0 Å². The predicted molar refractivity (Wildman–Crippen MR) is 65.0 cm³/mol. The van der Waals surface area contributed by atoms with E-state index >= 15 is 0 Å². The number of hydrogen-bond acceptors (Lipinski definition) is 2. The molecular weight excluding hydrogens is 184 g/mol. The monoisotopic (exact) mass is 210 g/mol. The molecule has 0 aromatic heterocycles. The molecule has 15 heavy (non-hydrogen) atoms. The smallest absolute Gasteiger partial charge is 0.00102 e. The van der Waals surface area contributed by atoms with Crippen molar-refractivity contribution >= 4 is 0 Å². The van der Waals surface area contributed by atoms with Gasteiger partial charge in [-0.3, -0.25) is 0 Å². The molecule has 0 aliphatic carbocycles. The summed E-state index contributed by atoms with van der Waals surface area (Å²) >= 11 is 0. The summed E-state index contributed by atoms with van der Waals surface area (Å²) in [6.07, 6.45) is 4.16. The third kappa shape index (κ3) is 2.21. The Hall–Kier alpha value is -0.0800. The van der Waals surface area contributed by atoms with Crippen LogP contribution < -0.4 is 10.6 Å². The molecule has 2 N–H and O–H groups in total. The topological polar surface area (TPSA) is 24.1 Å². The van der Waals surface area contributed by atoms with E-state index in [2.05, 4.69) is 31.4 Å². The van der Waals surface area contributed by atoms with E-state index in [0.717, 1.165) is 5.92 Å². The zero-order chi connectivity index (χ0) is 10.9. The van der Waals surface area contributed by atoms with Crippen LogP contribution in [0.25, 0.3) is 0 Å². The highest BCUT2D eigenvalue weighted by Crippen LogP contribution is 2.49. The first kappa shape index (κ1) is 11.4. The molecule has 0 radical (unpaired) electrons. The van der Waals surface area contributed by atoms with Crippen LogP contribution in [0.5, 0.6) is 0 Å². The van der Waals surface area contributed by atoms with E-state index in [4.69, 9.17) is 0 Å². The standard InChI is InChI=1S/C13H26N2/c1-12(2,3)11-10-15-9-6-13(11)4-7-14-8-5-13/h11,14-15H,4-10H2,1-3H3. The average molecular weight is 210 g/mol. The lowest BCUT2D eigenvalue weighted by Gasteiger charge is -2.52. The van der Waals surface area contributed by atoms with E-state index in [1.807, 2.05) is 0 Å². The van der Waals surface area contributed by atoms with Gasteiger partial charge in [0, 0.05) is 0 Å². The van der Waals surface area contributed by atoms with Gasteiger partial charge in [0.05, 0.1) is 0 Å². The number of nitrogens with one attached hydrogen (secondary N) is 2. The molecule has 0 saturated carbocycles. The SMILES string of the molecule is CC(C)(C)C1CNCCC12CCNCC2. The molecule has 0 aromatic rings. The Labute approximate surface area is 94.2 Å². The highest BCUT2D eigenvalue weighted by Gasteiger charge is 2.46. The summed E-state index contributed by atoms with van der Waals surface area (Å²) < 4.78 is 0. The van der Waals surface area contributed by atoms with Gasteiger partial charge in [-0.1, -0.05) is 20.8 Å². The van der Waals surface area contributed by atoms with Crippen molar-refractivity contribution in [1.29, 1.82) is 0 Å². The maximum absolute atomic E-state index is 3.59. The fourth-order valence-electron chi connectivity index (χ4n) is 3.72. The van der Waals surface area contributed by atoms with E-state index < -0.39 is 0 Å². The lowest BCUT2D eigenvalue weighted by molar-refractivity contribution is -0.00180. The molecule has 2 fully saturated rings. The van der Waals surface area contributed by atoms with Gasteiger partial charge in [0.15, 0.2) is 0 Å². The van der Waals surface area contributed by atoms with Crippen LogP contribution in [0, 0.1) is 16.7 Å². The van der Waals surface area contributed by atoms with Crippen molar-refractivity contribution in [2.24, 2.45) is 16.7 Å². The molecule has 2 rings (SSSR count). The first-order valence-electron chi connectivity index (χ1n) is 6.46. The maximum Gasteiger partial charge on any atom is -0.00102 e. The second-order valence-electron chi connectivity index (χ2n) is 6.49. The molecule has 2 heteroatoms. The molecule has 2 heterocycles. The zero-order valence-corrected chi connectivity index (χ0v) is 10.5. The fourth-order valence-corrected chi connectivity index (χ4v) is 3.72. The quantitative estimate of drug-likeness (QED) is 0.639. The lowest BCUT2D eigenvalue weighted by Crippen LogP contribution is -2.54. The Balaban J connectivity index is 2.17. The second-order valence-corrected chi connectivity index (χ2v) is 6.49. The molecular formula is C13H26N2. The largest absolute Gasteiger partial charge is 0.317 e. The zero-order valence-electron chi connectivity index (χ0n) is 10.5. The van der Waals surface area contributed by atoms with Crippen molar-refractivity contribution in [3.63, 3.8) is 0 Å². The number of piperidine rings is 2. The summed E-state index contributed by atoms with van der Waals surface area (Å²) in [4.78, 5) is 0. The normalized spacial score (nSPS) is 31.8. The summed E-state index contributed by atoms with van der Waals surface area (Å²) in [5.74, 6) is 0.848. The molecule has 0 aromatic carbocycles. The van der Waals surface area contributed by atoms with Crippen LogP contribution >= 0.6 is 0 Å². The summed E-state index contributed by atoms with van der Waals surface area (Å²) in [5.41, 5.74) is 1.08. The highest BCUT2D eigenvalue weighted by atomic mass is 14.9. The number of hydrogen-bond donors (Lipinski definition) is 2. The van der Waals surface area contributed by atoms with E-state index in [9.17, 15) is 0 Å². The van der Waals surface area contributed by atoms with E-state index in [0.29, 0.717) is 10.8 Å². The molecule has 2 aliphatic heterocycles. The van der Waals surface area contributed by atoms with Gasteiger partial charge in [-0.15, -0.1) is 0 Å². The molecule has 2 aliphatic rings. The van der Waals surface area contributed by atoms with Gasteiger partial charge in [-0.2, -0.15) is 0 Å². The Kier molecular flexibility index (Phi) is 3.09. The molecule has 1 spiro atoms. The Morgan fingerprint density at radius 1 is 0.933 bits per heavy atom. The molecule has 1 unspecified atom stereocenters. The molecule has 2 nitrogen and oxygen atoms in total. The minimum absolute atomic E-state index is 0.449. The van der Waals surface area contributed by atoms with Crippen molar-refractivity contribution in [1.82, 2.24) is 10.6 Å². The Bertz CT molecular complexity index is 203. The lowest BCUT2D eigenvalue weighted by atomic mass is 9.57. The minimum Gasteiger partial charge on any atom is -0.317 e. The van der Waals surface area contributed by atoms with Crippen molar-refractivity contribution in [3.05, 3.63) is 0 Å². The Morgan fingerprint density at radius 3 is 2.00 bits per heavy atom. The third-order valence-electron chi connectivity index (χ3n) is 4.53. The molecule has 0 amide bonds. The second kappa shape index (κ2) is 4.06. The molecule has 88 valence electrons. The maximum atomic E-state index is 3.59. The number of rotatable bonds is 0. The van der Waals surface area contributed by atoms with Crippen LogP contribution in [0.4, 0.5) is 0 Å². The van der Waals surface area contributed by atoms with Crippen molar-refractivity contribution in [2.45, 2.75) is 40.0 Å². The van der Waals surface area contributed by atoms with Crippen LogP contribution in [0.1, 0.15) is 40.0 Å². The van der Waals surface area contributed by atoms with Crippen LogP contribution in [-0.2, 0) is 0 Å². The van der Waals surface area contributed by atoms with Gasteiger partial charge < -0.3 is 10.6 Å². The predicted octanol–water partition coefficient (Wildman–Crippen LogP) is 2.01. The van der Waals surface area contributed by atoms with Gasteiger partial charge in [0.1, 0.15) is 0 Å². The van der Waals surface area contributed by atoms with Gasteiger partial charge in [0.2, 0.25) is 0 Å². The summed E-state index contributed by atoms with van der Waals surface area (Å²) in [7, 11) is 0. The average Bonchev–Trinajstić information content (AvgIpc) is 2.18. The van der Waals surface area contributed by atoms with Gasteiger partial charge >= 0.3 is 0 Å². The summed E-state index contributed by atoms with van der Waals surface area (Å²) in [6, 6.07) is 0. The van der Waals surface area contributed by atoms with Gasteiger partial charge in [-0.25, -0.2) is 0 Å². The van der Waals surface area contributed by atoms with Crippen molar-refractivity contribution < 1.29 is 0 Å². The van der Waals surface area contributed by atoms with E-state index in [1.54, 1.807) is 0 Å². The van der Waals surface area contributed by atoms with Crippen LogP contribution in [-0.4, -0.2) is 26.2 Å². The summed E-state index contributed by atoms with van der Waals surface area (Å²) in [5, 5.41) is 7.10. The fraction of sp³-hybridized carbons (Fsp3) is 1.00. The van der Waals surface area contributed by atoms with Gasteiger partial charge in [-0.05, 0) is 62.2 Å². The molecule has 2 saturated heterocycles. The van der Waals surface area contributed by atoms with Crippen LogP contribution in [0.3, 0.4) is 0 Å². The van der Waals surface area contributed by atoms with Crippen LogP contribution in [0.15, 0.2) is 0 Å². The molecule has 0 bridgehead atoms. The first-order chi connectivity index (χ1) is 7.05. The van der Waals surface area contributed by atoms with Crippen molar-refractivity contribution in [2.75, 3.05) is 26.2 Å². The minimum atomic E-state index is 0.449. The molecule has 1 atom stereocenters. The first-order valence-corrected chi connectivity index (χ1v) is 6.46. The van der Waals surface area contributed by atoms with E-state index in [-0.39, 0.29) is 0 Å². The van der Waals surface area contributed by atoms with Gasteiger partial charge in [0.25, 0.3) is 0 Å². The summed E-state index contributed by atoms with van der Waals surface area (Å²) in [6.45, 7) is 12.1. The van der Waals surface area contributed by atoms with E-state index in [1.165, 1.54) is 45.4 Å². The highest BCUT2D eigenvalue weighted by molar-refractivity contribution is 4.98. The van der Waals surface area contributed by atoms with Crippen molar-refractivity contribution in [3.8, 4) is 0 Å².